The first-order chi connectivity index (χ1) is 10.5. The first-order valence-corrected chi connectivity index (χ1v) is 15.3. The Kier molecular flexibility index (Phi) is 12.8. The van der Waals surface area contributed by atoms with Crippen LogP contribution in [-0.2, 0) is 50.7 Å². The van der Waals surface area contributed by atoms with E-state index in [1.165, 1.54) is 0 Å². The average molecular weight is 447 g/mol. The minimum Gasteiger partial charge on any atom is -0.306 e. The van der Waals surface area contributed by atoms with Crippen molar-refractivity contribution in [1.29, 1.82) is 0 Å². The van der Waals surface area contributed by atoms with Gasteiger partial charge in [0.2, 0.25) is 8.87 Å². The number of rotatable bonds is 14. The van der Waals surface area contributed by atoms with Gasteiger partial charge in [-0.2, -0.15) is 0 Å². The second-order valence-electron chi connectivity index (χ2n) is 4.70. The number of hydrogen-bond donors (Lipinski definition) is 2. The van der Waals surface area contributed by atoms with Crippen molar-refractivity contribution in [2.45, 2.75) is 25.7 Å². The Balaban J connectivity index is 4.01. The van der Waals surface area contributed by atoms with Crippen molar-refractivity contribution in [3.63, 3.8) is 0 Å². The lowest BCUT2D eigenvalue weighted by molar-refractivity contribution is 0.559. The third-order valence-electron chi connectivity index (χ3n) is 2.64. The van der Waals surface area contributed by atoms with Gasteiger partial charge in [-0.1, -0.05) is 0 Å². The second-order valence-corrected chi connectivity index (χ2v) is 15.3. The standard InChI is InChI=1S/C10H22O7S6/c11-20(12)6-2-1-5-19-23(16,17)10-9-22(15,18)8-4-3-7-21(13)14/h1-10H2,(H,11,12)(H,13,14). The van der Waals surface area contributed by atoms with E-state index < -0.39 is 39.5 Å². The lowest BCUT2D eigenvalue weighted by Gasteiger charge is -2.07. The molecule has 0 rings (SSSR count). The van der Waals surface area contributed by atoms with Crippen molar-refractivity contribution in [2.24, 2.45) is 0 Å². The molecule has 0 aliphatic heterocycles. The van der Waals surface area contributed by atoms with Crippen LogP contribution in [0.3, 0.4) is 0 Å². The molecular formula is C10H22O7S6. The SMILES string of the molecule is O=S(O)CCCCSS(=O)(=O)CCS(=O)(=S)CCCCS(=O)O. The maximum atomic E-state index is 12.1. The van der Waals surface area contributed by atoms with Crippen LogP contribution in [0.1, 0.15) is 25.7 Å². The van der Waals surface area contributed by atoms with Crippen molar-refractivity contribution < 1.29 is 30.1 Å². The van der Waals surface area contributed by atoms with Crippen LogP contribution in [0, 0.1) is 0 Å². The molecule has 0 aliphatic carbocycles. The fourth-order valence-corrected chi connectivity index (χ4v) is 8.77. The van der Waals surface area contributed by atoms with Crippen molar-refractivity contribution in [3.05, 3.63) is 0 Å². The molecule has 2 N–H and O–H groups in total. The van der Waals surface area contributed by atoms with E-state index in [9.17, 15) is 21.0 Å². The molecule has 0 spiro atoms. The quantitative estimate of drug-likeness (QED) is 0.226. The van der Waals surface area contributed by atoms with Crippen LogP contribution in [0.5, 0.6) is 0 Å². The summed E-state index contributed by atoms with van der Waals surface area (Å²) < 4.78 is 73.8. The van der Waals surface area contributed by atoms with Gasteiger partial charge in [-0.15, -0.1) is 0 Å². The largest absolute Gasteiger partial charge is 0.306 e. The van der Waals surface area contributed by atoms with Gasteiger partial charge in [0, 0.05) is 37.3 Å². The average Bonchev–Trinajstić information content (AvgIpc) is 2.41. The van der Waals surface area contributed by atoms with Crippen LogP contribution in [0.15, 0.2) is 0 Å². The molecule has 0 aromatic carbocycles. The molecular weight excluding hydrogens is 425 g/mol. The van der Waals surface area contributed by atoms with Crippen LogP contribution in [0.2, 0.25) is 0 Å². The van der Waals surface area contributed by atoms with E-state index in [2.05, 4.69) is 0 Å². The molecule has 23 heavy (non-hydrogen) atoms. The van der Waals surface area contributed by atoms with Crippen LogP contribution in [0.4, 0.5) is 0 Å². The third-order valence-corrected chi connectivity index (χ3v) is 10.5. The zero-order chi connectivity index (χ0) is 17.9. The Morgan fingerprint density at radius 2 is 1.35 bits per heavy atom. The smallest absolute Gasteiger partial charge is 0.202 e. The van der Waals surface area contributed by atoms with Crippen molar-refractivity contribution in [2.75, 3.05) is 34.5 Å². The zero-order valence-electron chi connectivity index (χ0n) is 12.5. The van der Waals surface area contributed by atoms with E-state index in [1.54, 1.807) is 0 Å². The van der Waals surface area contributed by atoms with Crippen LogP contribution >= 0.6 is 10.8 Å². The Morgan fingerprint density at radius 3 is 1.87 bits per heavy atom. The normalized spacial score (nSPS) is 17.5. The predicted molar refractivity (Wildman–Crippen MR) is 101 cm³/mol. The van der Waals surface area contributed by atoms with Gasteiger partial charge in [-0.05, 0) is 47.7 Å². The molecule has 0 heterocycles. The van der Waals surface area contributed by atoms with E-state index in [0.29, 0.717) is 31.4 Å². The lowest BCUT2D eigenvalue weighted by Crippen LogP contribution is -2.17. The topological polar surface area (TPSA) is 126 Å². The maximum Gasteiger partial charge on any atom is 0.202 e. The molecule has 0 aromatic rings. The molecule has 140 valence electrons. The van der Waals surface area contributed by atoms with Gasteiger partial charge in [0.25, 0.3) is 0 Å². The third kappa shape index (κ3) is 16.1. The molecule has 0 aromatic heterocycles. The number of hydrogen-bond acceptors (Lipinski definition) is 7. The molecule has 0 fully saturated rings. The van der Waals surface area contributed by atoms with Crippen LogP contribution in [0.25, 0.3) is 0 Å². The summed E-state index contributed by atoms with van der Waals surface area (Å²) in [6, 6.07) is 0. The van der Waals surface area contributed by atoms with Crippen molar-refractivity contribution in [1.82, 2.24) is 0 Å². The highest BCUT2D eigenvalue weighted by Gasteiger charge is 2.16. The summed E-state index contributed by atoms with van der Waals surface area (Å²) in [7, 11) is -5.34. The van der Waals surface area contributed by atoms with E-state index in [-0.39, 0.29) is 28.8 Å². The van der Waals surface area contributed by atoms with E-state index in [0.717, 1.165) is 10.8 Å². The van der Waals surface area contributed by atoms with Crippen LogP contribution < -0.4 is 0 Å². The first kappa shape index (κ1) is 23.9. The molecule has 0 amide bonds. The molecule has 0 aliphatic rings. The highest BCUT2D eigenvalue weighted by atomic mass is 33.1. The zero-order valence-corrected chi connectivity index (χ0v) is 17.4. The fourth-order valence-electron chi connectivity index (χ4n) is 1.45. The predicted octanol–water partition coefficient (Wildman–Crippen LogP) is 0.800. The molecule has 7 nitrogen and oxygen atoms in total. The fraction of sp³-hybridized carbons (Fsp3) is 1.00. The van der Waals surface area contributed by atoms with Gasteiger partial charge in [-0.3, -0.25) is 4.21 Å². The monoisotopic (exact) mass is 446 g/mol. The Hall–Kier alpha value is 0.890. The lowest BCUT2D eigenvalue weighted by atomic mass is 10.4. The highest BCUT2D eigenvalue weighted by molar-refractivity contribution is 8.72. The second kappa shape index (κ2) is 12.3. The van der Waals surface area contributed by atoms with E-state index in [4.69, 9.17) is 20.3 Å². The summed E-state index contributed by atoms with van der Waals surface area (Å²) in [6.45, 7) is 0. The molecule has 3 unspecified atom stereocenters. The Bertz CT molecular complexity index is 583. The Labute approximate surface area is 151 Å². The van der Waals surface area contributed by atoms with Gasteiger partial charge in [0.15, 0.2) is 22.2 Å². The number of unbranched alkanes of at least 4 members (excludes halogenated alkanes) is 2. The summed E-state index contributed by atoms with van der Waals surface area (Å²) in [4.78, 5) is 0. The molecule has 0 bridgehead atoms. The molecule has 13 heteroatoms. The molecule has 0 saturated heterocycles. The van der Waals surface area contributed by atoms with Gasteiger partial charge in [0.05, 0.1) is 5.75 Å². The van der Waals surface area contributed by atoms with Crippen molar-refractivity contribution in [3.8, 4) is 0 Å². The summed E-state index contributed by atoms with van der Waals surface area (Å²) >= 11 is 1.19. The van der Waals surface area contributed by atoms with Gasteiger partial charge >= 0.3 is 0 Å². The summed E-state index contributed by atoms with van der Waals surface area (Å²) in [6.07, 6.45) is 1.83. The summed E-state index contributed by atoms with van der Waals surface area (Å²) in [5.74, 6) is 0.345. The van der Waals surface area contributed by atoms with Crippen molar-refractivity contribution >= 4 is 61.5 Å². The molecule has 0 radical (unpaired) electrons. The minimum absolute atomic E-state index is 0.0949. The van der Waals surface area contributed by atoms with Gasteiger partial charge < -0.3 is 9.11 Å². The maximum absolute atomic E-state index is 12.1. The van der Waals surface area contributed by atoms with Crippen LogP contribution in [-0.4, -0.2) is 64.7 Å². The molecule has 0 saturated carbocycles. The minimum atomic E-state index is -3.42. The summed E-state index contributed by atoms with van der Waals surface area (Å²) in [5, 5.41) is 0. The van der Waals surface area contributed by atoms with Gasteiger partial charge in [0.1, 0.15) is 0 Å². The first-order valence-electron chi connectivity index (χ1n) is 6.76. The van der Waals surface area contributed by atoms with E-state index >= 15 is 0 Å². The molecule has 3 atom stereocenters. The van der Waals surface area contributed by atoms with E-state index in [1.807, 2.05) is 0 Å². The van der Waals surface area contributed by atoms with Gasteiger partial charge in [-0.25, -0.2) is 16.8 Å². The highest BCUT2D eigenvalue weighted by Crippen LogP contribution is 2.16. The Morgan fingerprint density at radius 1 is 0.826 bits per heavy atom. The summed E-state index contributed by atoms with van der Waals surface area (Å²) in [5.41, 5.74) is 0.